The number of rotatable bonds is 2. The second-order valence-corrected chi connectivity index (χ2v) is 3.89. The molecule has 0 fully saturated rings. The van der Waals surface area contributed by atoms with Gasteiger partial charge < -0.3 is 0 Å². The van der Waals surface area contributed by atoms with Crippen LogP contribution in [-0.2, 0) is 0 Å². The van der Waals surface area contributed by atoms with Gasteiger partial charge in [-0.3, -0.25) is 0 Å². The van der Waals surface area contributed by atoms with E-state index in [-0.39, 0.29) is 0 Å². The summed E-state index contributed by atoms with van der Waals surface area (Å²) in [7, 11) is 0. The van der Waals surface area contributed by atoms with Crippen molar-refractivity contribution in [2.45, 2.75) is 12.3 Å². The predicted octanol–water partition coefficient (Wildman–Crippen LogP) is 3.41. The lowest BCUT2D eigenvalue weighted by molar-refractivity contribution is 0.594. The molecule has 1 aliphatic carbocycles. The summed E-state index contributed by atoms with van der Waals surface area (Å²) >= 11 is 0. The average molecular weight is 221 g/mol. The van der Waals surface area contributed by atoms with Gasteiger partial charge >= 0.3 is 0 Å². The number of allylic oxidation sites excluding steroid dienone is 3. The predicted molar refractivity (Wildman–Crippen MR) is 66.7 cm³/mol. The van der Waals surface area contributed by atoms with E-state index in [0.29, 0.717) is 12.0 Å². The molecule has 0 aromatic heterocycles. The molecule has 0 N–H and O–H groups in total. The molecule has 1 aromatic carbocycles. The van der Waals surface area contributed by atoms with Crippen LogP contribution in [0.15, 0.2) is 43.0 Å². The van der Waals surface area contributed by atoms with Crippen LogP contribution in [0, 0.1) is 28.6 Å². The van der Waals surface area contributed by atoms with E-state index in [2.05, 4.69) is 18.7 Å². The van der Waals surface area contributed by atoms with E-state index in [9.17, 15) is 10.5 Å². The Hall–Kier alpha value is -2.32. The van der Waals surface area contributed by atoms with Gasteiger partial charge in [-0.25, -0.2) is 0 Å². The molecule has 0 amide bonds. The molecule has 2 nitrogen and oxygen atoms in total. The lowest BCUT2D eigenvalue weighted by Gasteiger charge is -2.25. The van der Waals surface area contributed by atoms with Gasteiger partial charge in [0.15, 0.2) is 0 Å². The molecule has 0 spiro atoms. The minimum Gasteiger partial charge on any atom is -0.198 e. The van der Waals surface area contributed by atoms with Crippen molar-refractivity contribution in [2.24, 2.45) is 5.89 Å². The van der Waals surface area contributed by atoms with Crippen molar-refractivity contribution in [2.75, 3.05) is 0 Å². The summed E-state index contributed by atoms with van der Waals surface area (Å²) in [5.41, 5.74) is 1.99. The molecule has 0 aliphatic heterocycles. The highest BCUT2D eigenvalue weighted by molar-refractivity contribution is 5.81. The van der Waals surface area contributed by atoms with Crippen LogP contribution in [0.3, 0.4) is 0 Å². The van der Waals surface area contributed by atoms with Crippen molar-refractivity contribution < 1.29 is 1.37 Å². The lowest BCUT2D eigenvalue weighted by atomic mass is 9.76. The van der Waals surface area contributed by atoms with Crippen molar-refractivity contribution >= 4 is 5.57 Å². The van der Waals surface area contributed by atoms with Gasteiger partial charge in [0, 0.05) is 7.26 Å². The van der Waals surface area contributed by atoms with Crippen LogP contribution in [0.4, 0.5) is 0 Å². The smallest absolute Gasteiger partial charge is 0.0994 e. The van der Waals surface area contributed by atoms with Gasteiger partial charge in [-0.05, 0) is 17.5 Å². The molecule has 2 rings (SSSR count). The molecule has 1 aromatic rings. The Labute approximate surface area is 103 Å². The summed E-state index contributed by atoms with van der Waals surface area (Å²) in [4.78, 5) is 0. The fourth-order valence-corrected chi connectivity index (χ4v) is 2.13. The Morgan fingerprint density at radius 3 is 2.82 bits per heavy atom. The van der Waals surface area contributed by atoms with Gasteiger partial charge in [-0.2, -0.15) is 10.5 Å². The fourth-order valence-electron chi connectivity index (χ4n) is 2.13. The second-order valence-electron chi connectivity index (χ2n) is 3.89. The normalized spacial score (nSPS) is 26.8. The summed E-state index contributed by atoms with van der Waals surface area (Å²) in [6.07, 6.45) is 3.56. The monoisotopic (exact) mass is 221 g/mol. The number of nitrogens with zero attached hydrogens (tertiary/aromatic N) is 2. The van der Waals surface area contributed by atoms with E-state index in [4.69, 9.17) is 1.37 Å². The summed E-state index contributed by atoms with van der Waals surface area (Å²) in [5, 5.41) is 18.5. The highest BCUT2D eigenvalue weighted by Gasteiger charge is 2.28. The molecule has 0 bridgehead atoms. The Balaban J connectivity index is 2.68. The van der Waals surface area contributed by atoms with Crippen LogP contribution < -0.4 is 0 Å². The molecule has 0 saturated carbocycles. The van der Waals surface area contributed by atoms with Gasteiger partial charge in [0.1, 0.15) is 0 Å². The number of hydrogen-bond acceptors (Lipinski definition) is 2. The Bertz CT molecular complexity index is 604. The Kier molecular flexibility index (Phi) is 2.72. The quantitative estimate of drug-likeness (QED) is 0.718. The molecule has 1 aliphatic rings. The zero-order valence-electron chi connectivity index (χ0n) is 10.4. The number of fused-ring (bicyclic) bond motifs is 1. The summed E-state index contributed by atoms with van der Waals surface area (Å²) in [5.74, 6) is -1.67. The minimum atomic E-state index is -1.10. The number of benzene rings is 1. The first-order chi connectivity index (χ1) is 8.66. The second kappa shape index (κ2) is 4.68. The highest BCUT2D eigenvalue weighted by Crippen LogP contribution is 2.39. The first-order valence-corrected chi connectivity index (χ1v) is 5.39. The molecule has 0 unspecified atom stereocenters. The zero-order chi connectivity index (χ0) is 13.2. The lowest BCUT2D eigenvalue weighted by Crippen LogP contribution is -2.15. The Morgan fingerprint density at radius 1 is 1.41 bits per heavy atom. The highest BCUT2D eigenvalue weighted by atomic mass is 14.4. The van der Waals surface area contributed by atoms with Gasteiger partial charge in [0.25, 0.3) is 0 Å². The van der Waals surface area contributed by atoms with E-state index in [1.807, 2.05) is 24.3 Å². The van der Waals surface area contributed by atoms with E-state index >= 15 is 0 Å². The van der Waals surface area contributed by atoms with Crippen molar-refractivity contribution in [1.29, 1.82) is 10.5 Å². The van der Waals surface area contributed by atoms with Crippen LogP contribution in [0.2, 0.25) is 0 Å². The van der Waals surface area contributed by atoms with Crippen molar-refractivity contribution in [1.82, 2.24) is 0 Å². The minimum absolute atomic E-state index is 0.352. The molecule has 17 heavy (non-hydrogen) atoms. The van der Waals surface area contributed by atoms with Gasteiger partial charge in [0.2, 0.25) is 0 Å². The molecule has 0 saturated heterocycles. The van der Waals surface area contributed by atoms with E-state index < -0.39 is 11.8 Å². The fraction of sp³-hybridized carbons (Fsp3) is 0.200. The van der Waals surface area contributed by atoms with Crippen LogP contribution >= 0.6 is 0 Å². The maximum Gasteiger partial charge on any atom is 0.0994 e. The van der Waals surface area contributed by atoms with Gasteiger partial charge in [0.05, 0.1) is 23.6 Å². The summed E-state index contributed by atoms with van der Waals surface area (Å²) in [6, 6.07) is 11.6. The standard InChI is InChI=1S/C15H12N2/c1-2-5-11-8-12(9-16)13-6-3-4-7-14(13)15(11)10-17/h2-4,6-8,11,15H,1,5H2/t11-,15-/m0/s1/i11D. The van der Waals surface area contributed by atoms with Gasteiger partial charge in [-0.1, -0.05) is 36.4 Å². The molecular formula is C15H12N2. The molecular weight excluding hydrogens is 208 g/mol. The third kappa shape index (κ3) is 1.86. The van der Waals surface area contributed by atoms with Crippen molar-refractivity contribution in [3.05, 3.63) is 54.1 Å². The third-order valence-corrected chi connectivity index (χ3v) is 2.89. The zero-order valence-corrected chi connectivity index (χ0v) is 9.35. The molecule has 0 heterocycles. The third-order valence-electron chi connectivity index (χ3n) is 2.89. The van der Waals surface area contributed by atoms with E-state index in [1.54, 1.807) is 12.2 Å². The SMILES string of the molecule is [2H][C@]1(CC=C)C=C(C#N)c2ccccc2[C@H]1C#N. The first kappa shape index (κ1) is 9.87. The largest absolute Gasteiger partial charge is 0.198 e. The topological polar surface area (TPSA) is 47.6 Å². The molecule has 2 atom stereocenters. The summed E-state index contributed by atoms with van der Waals surface area (Å²) < 4.78 is 8.42. The maximum absolute atomic E-state index is 9.34. The molecule has 2 heteroatoms. The van der Waals surface area contributed by atoms with Crippen LogP contribution in [-0.4, -0.2) is 0 Å². The Morgan fingerprint density at radius 2 is 2.18 bits per heavy atom. The maximum atomic E-state index is 9.34. The van der Waals surface area contributed by atoms with Crippen LogP contribution in [0.25, 0.3) is 5.57 Å². The number of nitriles is 2. The molecule has 0 radical (unpaired) electrons. The van der Waals surface area contributed by atoms with Crippen LogP contribution in [0.5, 0.6) is 0 Å². The van der Waals surface area contributed by atoms with Crippen molar-refractivity contribution in [3.63, 3.8) is 0 Å². The van der Waals surface area contributed by atoms with E-state index in [0.717, 1.165) is 11.1 Å². The van der Waals surface area contributed by atoms with Gasteiger partial charge in [-0.15, -0.1) is 6.58 Å². The van der Waals surface area contributed by atoms with E-state index in [1.165, 1.54) is 0 Å². The molecule has 82 valence electrons. The number of hydrogen-bond donors (Lipinski definition) is 0. The van der Waals surface area contributed by atoms with Crippen LogP contribution in [0.1, 0.15) is 24.8 Å². The summed E-state index contributed by atoms with van der Waals surface area (Å²) in [6.45, 7) is 3.63. The first-order valence-electron chi connectivity index (χ1n) is 5.89. The van der Waals surface area contributed by atoms with Crippen molar-refractivity contribution in [3.8, 4) is 12.1 Å². The average Bonchev–Trinajstić information content (AvgIpc) is 2.38.